The minimum atomic E-state index is -0.334. The van der Waals surface area contributed by atoms with E-state index in [4.69, 9.17) is 14.5 Å². The molecule has 1 saturated heterocycles. The second-order valence-electron chi connectivity index (χ2n) is 16.3. The molecule has 310 valence electrons. The SMILES string of the molecule is COC[C@H]1CN[C@H](C)CN1CC(=O)N1CC(C)(C)c2nc(CN(C)CCOCCN[C@H](C)c3ccc(C(=O)Nc4ccncc4)cc3)c(Cc3ccc(F)cc3)cc21. The Balaban J connectivity index is 1.04. The molecular weight excluding hydrogens is 736 g/mol. The summed E-state index contributed by atoms with van der Waals surface area (Å²) in [5.41, 5.74) is 6.77. The van der Waals surface area contributed by atoms with Gasteiger partial charge in [-0.05, 0) is 86.5 Å². The van der Waals surface area contributed by atoms with Gasteiger partial charge in [0, 0.05) is 93.6 Å². The number of amides is 2. The van der Waals surface area contributed by atoms with Gasteiger partial charge in [-0.25, -0.2) is 4.39 Å². The highest BCUT2D eigenvalue weighted by Crippen LogP contribution is 2.41. The average molecular weight is 795 g/mol. The van der Waals surface area contributed by atoms with Crippen LogP contribution < -0.4 is 20.9 Å². The third kappa shape index (κ3) is 11.3. The minimum Gasteiger partial charge on any atom is -0.383 e. The smallest absolute Gasteiger partial charge is 0.255 e. The molecule has 0 saturated carbocycles. The first-order valence-electron chi connectivity index (χ1n) is 20.3. The van der Waals surface area contributed by atoms with Gasteiger partial charge in [0.05, 0.1) is 43.4 Å². The van der Waals surface area contributed by atoms with E-state index in [0.717, 1.165) is 46.9 Å². The summed E-state index contributed by atoms with van der Waals surface area (Å²) < 4.78 is 25.4. The van der Waals surface area contributed by atoms with Gasteiger partial charge in [0.2, 0.25) is 5.91 Å². The van der Waals surface area contributed by atoms with Gasteiger partial charge < -0.3 is 30.3 Å². The van der Waals surface area contributed by atoms with Gasteiger partial charge in [-0.1, -0.05) is 38.1 Å². The highest BCUT2D eigenvalue weighted by molar-refractivity contribution is 6.04. The van der Waals surface area contributed by atoms with Gasteiger partial charge in [0.1, 0.15) is 5.82 Å². The Morgan fingerprint density at radius 3 is 2.53 bits per heavy atom. The van der Waals surface area contributed by atoms with Crippen LogP contribution >= 0.6 is 0 Å². The van der Waals surface area contributed by atoms with Crippen molar-refractivity contribution in [1.82, 2.24) is 30.4 Å². The van der Waals surface area contributed by atoms with E-state index in [2.05, 4.69) is 71.5 Å². The number of carbonyl (C=O) groups is 2. The first-order chi connectivity index (χ1) is 27.9. The molecule has 12 nitrogen and oxygen atoms in total. The summed E-state index contributed by atoms with van der Waals surface area (Å²) in [6.45, 7) is 14.6. The molecule has 0 aliphatic carbocycles. The number of pyridine rings is 2. The third-order valence-electron chi connectivity index (χ3n) is 11.0. The van der Waals surface area contributed by atoms with Gasteiger partial charge in [-0.3, -0.25) is 29.4 Å². The van der Waals surface area contributed by atoms with Crippen molar-refractivity contribution in [2.75, 3.05) is 83.5 Å². The number of aromatic nitrogens is 2. The Hall–Kier alpha value is -4.63. The molecule has 0 unspecified atom stereocenters. The topological polar surface area (TPSA) is 124 Å². The fraction of sp³-hybridized carbons (Fsp3) is 0.467. The third-order valence-corrected chi connectivity index (χ3v) is 11.0. The Labute approximate surface area is 342 Å². The predicted molar refractivity (Wildman–Crippen MR) is 226 cm³/mol. The summed E-state index contributed by atoms with van der Waals surface area (Å²) in [4.78, 5) is 42.4. The lowest BCUT2D eigenvalue weighted by atomic mass is 9.90. The molecule has 0 bridgehead atoms. The van der Waals surface area contributed by atoms with Crippen LogP contribution in [0.1, 0.15) is 72.2 Å². The van der Waals surface area contributed by atoms with Crippen LogP contribution in [0.2, 0.25) is 0 Å². The number of nitrogens with zero attached hydrogens (tertiary/aromatic N) is 5. The van der Waals surface area contributed by atoms with E-state index in [1.807, 2.05) is 41.3 Å². The monoisotopic (exact) mass is 794 g/mol. The first kappa shape index (κ1) is 43.0. The minimum absolute atomic E-state index is 0.0576. The summed E-state index contributed by atoms with van der Waals surface area (Å²) >= 11 is 0. The van der Waals surface area contributed by atoms with Crippen LogP contribution in [-0.2, 0) is 32.6 Å². The fourth-order valence-corrected chi connectivity index (χ4v) is 7.70. The number of hydrogen-bond donors (Lipinski definition) is 3. The van der Waals surface area contributed by atoms with Gasteiger partial charge in [0.25, 0.3) is 5.91 Å². The van der Waals surface area contributed by atoms with E-state index in [-0.39, 0.29) is 41.2 Å². The van der Waals surface area contributed by atoms with E-state index >= 15 is 0 Å². The van der Waals surface area contributed by atoms with Crippen LogP contribution in [0, 0.1) is 5.82 Å². The number of piperazine rings is 1. The standard InChI is InChI=1S/C45H59FN8O4/c1-31-26-53(39(25-49-31)29-57-6)28-42(55)54-30-45(3,4)43-41(54)24-36(23-33-7-13-37(46)14-8-33)40(51-43)27-52(5)20-22-58-21-19-48-32(2)34-9-11-35(12-10-34)44(56)50-38-15-17-47-18-16-38/h7-18,24,31-32,39,48-49H,19-23,25-30H2,1-6H3,(H,47,50,56)/t31-,32-,39-/m1/s1. The number of hydrogen-bond acceptors (Lipinski definition) is 10. The summed E-state index contributed by atoms with van der Waals surface area (Å²) in [5, 5.41) is 9.90. The number of nitrogens with one attached hydrogen (secondary N) is 3. The zero-order valence-electron chi connectivity index (χ0n) is 34.8. The molecule has 1 fully saturated rings. The molecule has 4 aromatic rings. The number of benzene rings is 2. The molecule has 58 heavy (non-hydrogen) atoms. The molecule has 2 aliphatic heterocycles. The van der Waals surface area contributed by atoms with Gasteiger partial charge in [0.15, 0.2) is 0 Å². The van der Waals surface area contributed by atoms with Crippen LogP contribution in [-0.4, -0.2) is 117 Å². The van der Waals surface area contributed by atoms with Crippen LogP contribution in [0.4, 0.5) is 15.8 Å². The van der Waals surface area contributed by atoms with E-state index in [1.165, 1.54) is 12.1 Å². The van der Waals surface area contributed by atoms with E-state index in [1.54, 1.807) is 31.6 Å². The van der Waals surface area contributed by atoms with Crippen molar-refractivity contribution in [3.05, 3.63) is 119 Å². The van der Waals surface area contributed by atoms with E-state index in [9.17, 15) is 14.0 Å². The highest BCUT2D eigenvalue weighted by Gasteiger charge is 2.41. The normalized spacial score (nSPS) is 18.3. The van der Waals surface area contributed by atoms with Crippen LogP contribution in [0.15, 0.2) is 79.1 Å². The molecular formula is C45H59FN8O4. The van der Waals surface area contributed by atoms with E-state index in [0.29, 0.717) is 70.2 Å². The summed E-state index contributed by atoms with van der Waals surface area (Å²) in [6, 6.07) is 20.3. The van der Waals surface area contributed by atoms with Crippen molar-refractivity contribution < 1.29 is 23.5 Å². The van der Waals surface area contributed by atoms with Crippen molar-refractivity contribution in [1.29, 1.82) is 0 Å². The van der Waals surface area contributed by atoms with Crippen molar-refractivity contribution in [3.8, 4) is 0 Å². The van der Waals surface area contributed by atoms with Crippen molar-refractivity contribution in [2.45, 2.75) is 64.2 Å². The van der Waals surface area contributed by atoms with Gasteiger partial charge >= 0.3 is 0 Å². The molecule has 2 aromatic heterocycles. The molecule has 3 N–H and O–H groups in total. The Kier molecular flexibility index (Phi) is 14.7. The molecule has 2 amide bonds. The zero-order valence-corrected chi connectivity index (χ0v) is 34.8. The number of fused-ring (bicyclic) bond motifs is 1. The Bertz CT molecular complexity index is 1960. The van der Waals surface area contributed by atoms with Crippen LogP contribution in [0.3, 0.4) is 0 Å². The molecule has 0 radical (unpaired) electrons. The highest BCUT2D eigenvalue weighted by atomic mass is 19.1. The Morgan fingerprint density at radius 1 is 1.07 bits per heavy atom. The maximum atomic E-state index is 14.1. The van der Waals surface area contributed by atoms with Crippen LogP contribution in [0.5, 0.6) is 0 Å². The summed E-state index contributed by atoms with van der Waals surface area (Å²) in [6.07, 6.45) is 3.85. The quantitative estimate of drug-likeness (QED) is 0.116. The lowest BCUT2D eigenvalue weighted by Crippen LogP contribution is -2.59. The Morgan fingerprint density at radius 2 is 1.81 bits per heavy atom. The average Bonchev–Trinajstić information content (AvgIpc) is 3.47. The molecule has 13 heteroatoms. The van der Waals surface area contributed by atoms with Crippen molar-refractivity contribution in [2.24, 2.45) is 0 Å². The second kappa shape index (κ2) is 19.9. The van der Waals surface area contributed by atoms with Crippen LogP contribution in [0.25, 0.3) is 0 Å². The number of likely N-dealkylation sites (N-methyl/N-ethyl adjacent to an activating group) is 1. The zero-order chi connectivity index (χ0) is 41.2. The lowest BCUT2D eigenvalue weighted by Gasteiger charge is -2.39. The fourth-order valence-electron chi connectivity index (χ4n) is 7.70. The maximum Gasteiger partial charge on any atom is 0.255 e. The number of methoxy groups -OCH3 is 1. The van der Waals surface area contributed by atoms with Gasteiger partial charge in [-0.2, -0.15) is 0 Å². The van der Waals surface area contributed by atoms with Crippen molar-refractivity contribution >= 4 is 23.2 Å². The lowest BCUT2D eigenvalue weighted by molar-refractivity contribution is -0.121. The number of ether oxygens (including phenoxy) is 2. The second-order valence-corrected chi connectivity index (χ2v) is 16.3. The largest absolute Gasteiger partial charge is 0.383 e. The predicted octanol–water partition coefficient (Wildman–Crippen LogP) is 5.19. The van der Waals surface area contributed by atoms with Gasteiger partial charge in [-0.15, -0.1) is 0 Å². The first-order valence-corrected chi connectivity index (χ1v) is 20.3. The number of carbonyl (C=O) groups excluding carboxylic acids is 2. The molecule has 3 atom stereocenters. The molecule has 0 spiro atoms. The molecule has 2 aromatic carbocycles. The molecule has 4 heterocycles. The maximum absolute atomic E-state index is 14.1. The number of rotatable bonds is 18. The summed E-state index contributed by atoms with van der Waals surface area (Å²) in [5.74, 6) is -0.379. The van der Waals surface area contributed by atoms with E-state index < -0.39 is 0 Å². The molecule has 2 aliphatic rings. The number of anilines is 2. The molecule has 6 rings (SSSR count). The van der Waals surface area contributed by atoms with Crippen molar-refractivity contribution in [3.63, 3.8) is 0 Å². The number of halogens is 1. The summed E-state index contributed by atoms with van der Waals surface area (Å²) in [7, 11) is 3.76.